The molecule has 1 amide bonds. The van der Waals surface area contributed by atoms with Crippen LogP contribution in [0.5, 0.6) is 0 Å². The number of benzene rings is 1. The van der Waals surface area contributed by atoms with Crippen LogP contribution in [0.15, 0.2) is 30.3 Å². The van der Waals surface area contributed by atoms with Gasteiger partial charge in [-0.1, -0.05) is 12.1 Å². The van der Waals surface area contributed by atoms with Crippen molar-refractivity contribution in [3.8, 4) is 0 Å². The highest BCUT2D eigenvalue weighted by molar-refractivity contribution is 5.99. The highest BCUT2D eigenvalue weighted by Crippen LogP contribution is 2.26. The number of anilines is 1. The topological polar surface area (TPSA) is 39.7 Å². The molecule has 0 N–H and O–H groups in total. The van der Waals surface area contributed by atoms with E-state index in [2.05, 4.69) is 11.0 Å². The minimum atomic E-state index is -0.201. The molecule has 2 aliphatic heterocycles. The zero-order chi connectivity index (χ0) is 20.4. The number of likely N-dealkylation sites (tertiary alicyclic amines) is 1. The first-order chi connectivity index (χ1) is 14.0. The Morgan fingerprint density at radius 1 is 1.07 bits per heavy atom. The van der Waals surface area contributed by atoms with Crippen LogP contribution in [-0.4, -0.2) is 61.0 Å². The predicted octanol–water partition coefficient (Wildman–Crippen LogP) is 3.12. The Labute approximate surface area is 172 Å². The summed E-state index contributed by atoms with van der Waals surface area (Å²) in [6.07, 6.45) is 3.90. The van der Waals surface area contributed by atoms with Crippen molar-refractivity contribution in [1.29, 1.82) is 0 Å². The van der Waals surface area contributed by atoms with Gasteiger partial charge in [-0.05, 0) is 48.6 Å². The van der Waals surface area contributed by atoms with Gasteiger partial charge in [-0.3, -0.25) is 9.69 Å². The third kappa shape index (κ3) is 4.42. The van der Waals surface area contributed by atoms with Crippen molar-refractivity contribution in [3.63, 3.8) is 0 Å². The molecule has 3 heterocycles. The average Bonchev–Trinajstić information content (AvgIpc) is 3.18. The van der Waals surface area contributed by atoms with Gasteiger partial charge in [-0.15, -0.1) is 0 Å². The van der Waals surface area contributed by atoms with Gasteiger partial charge in [0.15, 0.2) is 0 Å². The predicted molar refractivity (Wildman–Crippen MR) is 113 cm³/mol. The van der Waals surface area contributed by atoms with E-state index < -0.39 is 0 Å². The van der Waals surface area contributed by atoms with Crippen LogP contribution in [0.25, 0.3) is 0 Å². The number of nitrogens with zero attached hydrogens (tertiary/aromatic N) is 4. The van der Waals surface area contributed by atoms with Gasteiger partial charge in [0.25, 0.3) is 5.91 Å². The molecule has 29 heavy (non-hydrogen) atoms. The number of carbonyl (C=O) groups is 1. The Morgan fingerprint density at radius 3 is 2.45 bits per heavy atom. The molecular formula is C23H29FN4O. The first-order valence-corrected chi connectivity index (χ1v) is 10.5. The Balaban J connectivity index is 1.54. The Hall–Kier alpha value is -2.47. The second-order valence-corrected chi connectivity index (χ2v) is 8.26. The minimum absolute atomic E-state index is 0.105. The second-order valence-electron chi connectivity index (χ2n) is 8.26. The van der Waals surface area contributed by atoms with Crippen LogP contribution in [0, 0.1) is 5.82 Å². The number of carbonyl (C=O) groups excluding carboxylic acids is 1. The van der Waals surface area contributed by atoms with Gasteiger partial charge in [0, 0.05) is 58.9 Å². The van der Waals surface area contributed by atoms with Crippen LogP contribution < -0.4 is 4.90 Å². The smallest absolute Gasteiger partial charge is 0.257 e. The summed E-state index contributed by atoms with van der Waals surface area (Å²) in [5.74, 6) is 0.675. The molecule has 1 aromatic carbocycles. The van der Waals surface area contributed by atoms with E-state index in [0.29, 0.717) is 0 Å². The van der Waals surface area contributed by atoms with E-state index in [1.165, 1.54) is 17.7 Å². The molecule has 0 bridgehead atoms. The molecule has 154 valence electrons. The third-order valence-corrected chi connectivity index (χ3v) is 5.90. The van der Waals surface area contributed by atoms with Crippen molar-refractivity contribution in [3.05, 3.63) is 58.5 Å². The highest BCUT2D eigenvalue weighted by atomic mass is 19.1. The summed E-state index contributed by atoms with van der Waals surface area (Å²) >= 11 is 0. The van der Waals surface area contributed by atoms with Crippen molar-refractivity contribution in [2.75, 3.05) is 45.2 Å². The molecule has 2 aliphatic rings. The molecule has 0 spiro atoms. The SMILES string of the molecule is CN(C)c1nc2c(cc1C(=O)N1CCCC1)CCN(Cc1ccc(F)cc1)CC2. The first kappa shape index (κ1) is 19.8. The maximum Gasteiger partial charge on any atom is 0.257 e. The van der Waals surface area contributed by atoms with Gasteiger partial charge in [0.05, 0.1) is 5.56 Å². The molecule has 0 unspecified atom stereocenters. The Bertz CT molecular complexity index is 875. The number of halogens is 1. The van der Waals surface area contributed by atoms with E-state index in [1.807, 2.05) is 36.0 Å². The van der Waals surface area contributed by atoms with Gasteiger partial charge in [-0.2, -0.15) is 0 Å². The minimum Gasteiger partial charge on any atom is -0.362 e. The van der Waals surface area contributed by atoms with Crippen LogP contribution in [-0.2, 0) is 19.4 Å². The molecule has 0 aliphatic carbocycles. The van der Waals surface area contributed by atoms with Crippen molar-refractivity contribution >= 4 is 11.7 Å². The first-order valence-electron chi connectivity index (χ1n) is 10.5. The average molecular weight is 397 g/mol. The largest absolute Gasteiger partial charge is 0.362 e. The van der Waals surface area contributed by atoms with E-state index in [9.17, 15) is 9.18 Å². The molecular weight excluding hydrogens is 367 g/mol. The summed E-state index contributed by atoms with van der Waals surface area (Å²) in [7, 11) is 3.90. The molecule has 2 aromatic rings. The molecule has 0 saturated carbocycles. The van der Waals surface area contributed by atoms with Crippen LogP contribution in [0.2, 0.25) is 0 Å². The molecule has 1 fully saturated rings. The van der Waals surface area contributed by atoms with Crippen LogP contribution in [0.1, 0.15) is 40.0 Å². The van der Waals surface area contributed by atoms with Gasteiger partial charge < -0.3 is 9.80 Å². The molecule has 6 heteroatoms. The monoisotopic (exact) mass is 396 g/mol. The number of pyridine rings is 1. The van der Waals surface area contributed by atoms with Gasteiger partial charge >= 0.3 is 0 Å². The lowest BCUT2D eigenvalue weighted by Gasteiger charge is -2.22. The van der Waals surface area contributed by atoms with Gasteiger partial charge in [-0.25, -0.2) is 9.37 Å². The molecule has 5 nitrogen and oxygen atoms in total. The Kier molecular flexibility index (Phi) is 5.81. The molecule has 0 radical (unpaired) electrons. The summed E-state index contributed by atoms with van der Waals surface area (Å²) in [6, 6.07) is 8.82. The normalized spacial score (nSPS) is 17.1. The molecule has 1 aromatic heterocycles. The molecule has 0 atom stereocenters. The summed E-state index contributed by atoms with van der Waals surface area (Å²) in [4.78, 5) is 24.3. The lowest BCUT2D eigenvalue weighted by atomic mass is 10.0. The maximum absolute atomic E-state index is 13.2. The lowest BCUT2D eigenvalue weighted by Crippen LogP contribution is -2.30. The third-order valence-electron chi connectivity index (χ3n) is 5.90. The quantitative estimate of drug-likeness (QED) is 0.796. The number of aromatic nitrogens is 1. The van der Waals surface area contributed by atoms with E-state index in [0.717, 1.165) is 81.0 Å². The van der Waals surface area contributed by atoms with Crippen molar-refractivity contribution in [2.45, 2.75) is 32.2 Å². The van der Waals surface area contributed by atoms with E-state index in [1.54, 1.807) is 0 Å². The number of hydrogen-bond acceptors (Lipinski definition) is 4. The van der Waals surface area contributed by atoms with Crippen molar-refractivity contribution in [1.82, 2.24) is 14.8 Å². The van der Waals surface area contributed by atoms with E-state index >= 15 is 0 Å². The lowest BCUT2D eigenvalue weighted by molar-refractivity contribution is 0.0793. The number of rotatable bonds is 4. The summed E-state index contributed by atoms with van der Waals surface area (Å²) in [5, 5.41) is 0. The summed E-state index contributed by atoms with van der Waals surface area (Å²) in [6.45, 7) is 4.30. The van der Waals surface area contributed by atoms with Crippen LogP contribution >= 0.6 is 0 Å². The van der Waals surface area contributed by atoms with E-state index in [-0.39, 0.29) is 11.7 Å². The number of amides is 1. The van der Waals surface area contributed by atoms with Crippen molar-refractivity contribution < 1.29 is 9.18 Å². The fourth-order valence-corrected chi connectivity index (χ4v) is 4.26. The van der Waals surface area contributed by atoms with Crippen molar-refractivity contribution in [2.24, 2.45) is 0 Å². The summed E-state index contributed by atoms with van der Waals surface area (Å²) < 4.78 is 13.2. The highest BCUT2D eigenvalue weighted by Gasteiger charge is 2.26. The maximum atomic E-state index is 13.2. The second kappa shape index (κ2) is 8.49. The summed E-state index contributed by atoms with van der Waals surface area (Å²) in [5.41, 5.74) is 4.11. The van der Waals surface area contributed by atoms with Gasteiger partial charge in [0.1, 0.15) is 11.6 Å². The zero-order valence-electron chi connectivity index (χ0n) is 17.3. The number of fused-ring (bicyclic) bond motifs is 1. The van der Waals surface area contributed by atoms with Crippen LogP contribution in [0.3, 0.4) is 0 Å². The fraction of sp³-hybridized carbons (Fsp3) is 0.478. The van der Waals surface area contributed by atoms with Gasteiger partial charge in [0.2, 0.25) is 0 Å². The Morgan fingerprint density at radius 2 is 1.76 bits per heavy atom. The molecule has 4 rings (SSSR count). The van der Waals surface area contributed by atoms with E-state index in [4.69, 9.17) is 4.98 Å². The van der Waals surface area contributed by atoms with Crippen LogP contribution in [0.4, 0.5) is 10.2 Å². The molecule has 1 saturated heterocycles. The zero-order valence-corrected chi connectivity index (χ0v) is 17.3. The standard InChI is InChI=1S/C23H29FN4O/c1-26(2)22-20(23(29)28-11-3-4-12-28)15-18-9-13-27(14-10-21(18)25-22)16-17-5-7-19(24)8-6-17/h5-8,15H,3-4,9-14,16H2,1-2H3. The number of hydrogen-bond donors (Lipinski definition) is 0. The fourth-order valence-electron chi connectivity index (χ4n) is 4.26.